The third-order valence-electron chi connectivity index (χ3n) is 5.60. The molecule has 0 radical (unpaired) electrons. The van der Waals surface area contributed by atoms with E-state index in [1.165, 1.54) is 0 Å². The molecule has 1 aromatic heterocycles. The van der Waals surface area contributed by atoms with Crippen molar-refractivity contribution in [2.24, 2.45) is 5.92 Å². The number of fused-ring (bicyclic) bond motifs is 1. The molecule has 6 nitrogen and oxygen atoms in total. The van der Waals surface area contributed by atoms with E-state index in [1.54, 1.807) is 17.0 Å². The van der Waals surface area contributed by atoms with Crippen LogP contribution >= 0.6 is 11.6 Å². The first-order valence-electron chi connectivity index (χ1n) is 9.38. The number of para-hydroxylation sites is 2. The van der Waals surface area contributed by atoms with Crippen LogP contribution in [0.15, 0.2) is 48.5 Å². The Kier molecular flexibility index (Phi) is 4.09. The molecule has 0 saturated carbocycles. The molecule has 2 aromatic carbocycles. The number of hydrogen-bond acceptors (Lipinski definition) is 3. The van der Waals surface area contributed by atoms with Crippen molar-refractivity contribution < 1.29 is 9.59 Å². The van der Waals surface area contributed by atoms with E-state index in [2.05, 4.69) is 9.97 Å². The second kappa shape index (κ2) is 6.63. The zero-order valence-corrected chi connectivity index (χ0v) is 15.9. The lowest BCUT2D eigenvalue weighted by atomic mass is 9.96. The molecule has 3 aromatic rings. The summed E-state index contributed by atoms with van der Waals surface area (Å²) >= 11 is 5.92. The van der Waals surface area contributed by atoms with Crippen LogP contribution in [0.4, 0.5) is 5.69 Å². The van der Waals surface area contributed by atoms with Crippen molar-refractivity contribution in [1.29, 1.82) is 0 Å². The van der Waals surface area contributed by atoms with Gasteiger partial charge in [0.1, 0.15) is 5.82 Å². The predicted octanol–water partition coefficient (Wildman–Crippen LogP) is 3.20. The highest BCUT2D eigenvalue weighted by molar-refractivity contribution is 6.30. The molecule has 2 aliphatic rings. The molecule has 0 spiro atoms. The smallest absolute Gasteiger partial charge is 0.228 e. The fourth-order valence-electron chi connectivity index (χ4n) is 4.00. The molecule has 0 bridgehead atoms. The first-order chi connectivity index (χ1) is 13.6. The van der Waals surface area contributed by atoms with Gasteiger partial charge in [0.05, 0.1) is 22.9 Å². The summed E-state index contributed by atoms with van der Waals surface area (Å²) in [6.45, 7) is 1.71. The van der Waals surface area contributed by atoms with Crippen LogP contribution in [-0.2, 0) is 9.59 Å². The van der Waals surface area contributed by atoms with Gasteiger partial charge in [-0.05, 0) is 36.4 Å². The van der Waals surface area contributed by atoms with Gasteiger partial charge in [0.15, 0.2) is 0 Å². The fraction of sp³-hybridized carbons (Fsp3) is 0.286. The maximum atomic E-state index is 12.8. The van der Waals surface area contributed by atoms with Gasteiger partial charge in [-0.1, -0.05) is 23.7 Å². The summed E-state index contributed by atoms with van der Waals surface area (Å²) in [6, 6.07) is 15.1. The van der Waals surface area contributed by atoms with Gasteiger partial charge >= 0.3 is 0 Å². The number of anilines is 1. The minimum atomic E-state index is -0.292. The molecule has 1 atom stereocenters. The van der Waals surface area contributed by atoms with Gasteiger partial charge in [0.2, 0.25) is 11.8 Å². The number of hydrogen-bond donors (Lipinski definition) is 1. The van der Waals surface area contributed by atoms with Crippen LogP contribution in [0.3, 0.4) is 0 Å². The van der Waals surface area contributed by atoms with Crippen LogP contribution in [0, 0.1) is 5.92 Å². The zero-order valence-electron chi connectivity index (χ0n) is 15.1. The first kappa shape index (κ1) is 17.3. The number of aromatic amines is 1. The highest BCUT2D eigenvalue weighted by Gasteiger charge is 2.41. The lowest BCUT2D eigenvalue weighted by Gasteiger charge is -2.39. The normalized spacial score (nSPS) is 20.0. The summed E-state index contributed by atoms with van der Waals surface area (Å²) in [5.41, 5.74) is 2.75. The topological polar surface area (TPSA) is 69.3 Å². The van der Waals surface area contributed by atoms with Crippen molar-refractivity contribution in [2.45, 2.75) is 12.3 Å². The molecule has 0 aliphatic carbocycles. The van der Waals surface area contributed by atoms with E-state index in [4.69, 9.17) is 11.6 Å². The number of likely N-dealkylation sites (tertiary alicyclic amines) is 1. The predicted molar refractivity (Wildman–Crippen MR) is 107 cm³/mol. The average molecular weight is 395 g/mol. The number of benzene rings is 2. The Morgan fingerprint density at radius 1 is 1.07 bits per heavy atom. The summed E-state index contributed by atoms with van der Waals surface area (Å²) < 4.78 is 0. The number of nitrogens with one attached hydrogen (secondary N) is 1. The standard InChI is InChI=1S/C21H19ClN4O2/c22-15-5-7-16(8-6-15)26-12-13(9-19(26)27)21(28)25-10-14(11-25)20-23-17-3-1-2-4-18(17)24-20/h1-8,13-14H,9-12H2,(H,23,24). The monoisotopic (exact) mass is 394 g/mol. The first-order valence-corrected chi connectivity index (χ1v) is 9.75. The minimum Gasteiger partial charge on any atom is -0.342 e. The van der Waals surface area contributed by atoms with Crippen LogP contribution in [0.2, 0.25) is 5.02 Å². The quantitative estimate of drug-likeness (QED) is 0.741. The zero-order chi connectivity index (χ0) is 19.3. The number of H-pyrrole nitrogens is 1. The molecule has 2 fully saturated rings. The summed E-state index contributed by atoms with van der Waals surface area (Å²) in [6.07, 6.45) is 0.257. The molecular weight excluding hydrogens is 376 g/mol. The Morgan fingerprint density at radius 3 is 2.57 bits per heavy atom. The SMILES string of the molecule is O=C(C1CC(=O)N(c2ccc(Cl)cc2)C1)N1CC(c2nc3ccccc3[nH]2)C1. The molecule has 1 N–H and O–H groups in total. The average Bonchev–Trinajstić information content (AvgIpc) is 3.24. The molecule has 7 heteroatoms. The Bertz CT molecular complexity index is 1020. The molecule has 5 rings (SSSR count). The van der Waals surface area contributed by atoms with Gasteiger partial charge in [-0.25, -0.2) is 4.98 Å². The van der Waals surface area contributed by atoms with E-state index in [1.807, 2.05) is 41.3 Å². The number of rotatable bonds is 3. The van der Waals surface area contributed by atoms with E-state index in [9.17, 15) is 9.59 Å². The van der Waals surface area contributed by atoms with E-state index in [0.29, 0.717) is 24.7 Å². The number of aromatic nitrogens is 2. The lowest BCUT2D eigenvalue weighted by molar-refractivity contribution is -0.140. The van der Waals surface area contributed by atoms with Crippen LogP contribution in [0.25, 0.3) is 11.0 Å². The highest BCUT2D eigenvalue weighted by atomic mass is 35.5. The maximum absolute atomic E-state index is 12.8. The summed E-state index contributed by atoms with van der Waals surface area (Å²) in [4.78, 5) is 36.7. The van der Waals surface area contributed by atoms with Crippen LogP contribution in [0.5, 0.6) is 0 Å². The molecule has 2 amide bonds. The summed E-state index contributed by atoms with van der Waals surface area (Å²) in [5.74, 6) is 0.892. The number of halogens is 1. The number of carbonyl (C=O) groups excluding carboxylic acids is 2. The molecular formula is C21H19ClN4O2. The third-order valence-corrected chi connectivity index (χ3v) is 5.85. The van der Waals surface area contributed by atoms with Crippen molar-refractivity contribution in [2.75, 3.05) is 24.5 Å². The van der Waals surface area contributed by atoms with E-state index in [-0.39, 0.29) is 30.1 Å². The third kappa shape index (κ3) is 2.94. The van der Waals surface area contributed by atoms with Gasteiger partial charge in [0, 0.05) is 36.8 Å². The lowest BCUT2D eigenvalue weighted by Crippen LogP contribution is -2.51. The van der Waals surface area contributed by atoms with E-state index >= 15 is 0 Å². The van der Waals surface area contributed by atoms with Crippen molar-refractivity contribution in [1.82, 2.24) is 14.9 Å². The number of carbonyl (C=O) groups is 2. The molecule has 28 heavy (non-hydrogen) atoms. The molecule has 3 heterocycles. The number of imidazole rings is 1. The minimum absolute atomic E-state index is 0.0185. The van der Waals surface area contributed by atoms with Crippen molar-refractivity contribution in [3.63, 3.8) is 0 Å². The molecule has 2 saturated heterocycles. The Hall–Kier alpha value is -2.86. The van der Waals surface area contributed by atoms with Crippen molar-refractivity contribution in [3.8, 4) is 0 Å². The summed E-state index contributed by atoms with van der Waals surface area (Å²) in [5, 5.41) is 0.625. The largest absolute Gasteiger partial charge is 0.342 e. The Balaban J connectivity index is 1.23. The van der Waals surface area contributed by atoms with Crippen LogP contribution in [0.1, 0.15) is 18.2 Å². The van der Waals surface area contributed by atoms with Gasteiger partial charge in [0.25, 0.3) is 0 Å². The van der Waals surface area contributed by atoms with Gasteiger partial charge < -0.3 is 14.8 Å². The van der Waals surface area contributed by atoms with Crippen LogP contribution < -0.4 is 4.90 Å². The Labute approximate surface area is 167 Å². The van der Waals surface area contributed by atoms with Crippen LogP contribution in [-0.4, -0.2) is 46.3 Å². The van der Waals surface area contributed by atoms with Gasteiger partial charge in [-0.2, -0.15) is 0 Å². The number of amides is 2. The maximum Gasteiger partial charge on any atom is 0.228 e. The van der Waals surface area contributed by atoms with E-state index in [0.717, 1.165) is 22.5 Å². The van der Waals surface area contributed by atoms with Crippen molar-refractivity contribution in [3.05, 3.63) is 59.4 Å². The fourth-order valence-corrected chi connectivity index (χ4v) is 4.13. The Morgan fingerprint density at radius 2 is 1.82 bits per heavy atom. The molecule has 2 aliphatic heterocycles. The molecule has 1 unspecified atom stereocenters. The molecule has 142 valence electrons. The van der Waals surface area contributed by atoms with Crippen molar-refractivity contribution >= 4 is 40.1 Å². The number of nitrogens with zero attached hydrogens (tertiary/aromatic N) is 3. The van der Waals surface area contributed by atoms with Gasteiger partial charge in [-0.3, -0.25) is 9.59 Å². The second-order valence-corrected chi connectivity index (χ2v) is 7.90. The summed E-state index contributed by atoms with van der Waals surface area (Å²) in [7, 11) is 0. The van der Waals surface area contributed by atoms with E-state index < -0.39 is 0 Å². The highest BCUT2D eigenvalue weighted by Crippen LogP contribution is 2.32. The van der Waals surface area contributed by atoms with Gasteiger partial charge in [-0.15, -0.1) is 0 Å². The second-order valence-electron chi connectivity index (χ2n) is 7.46.